The van der Waals surface area contributed by atoms with Crippen LogP contribution in [-0.2, 0) is 6.54 Å². The molecule has 0 aliphatic heterocycles. The van der Waals surface area contributed by atoms with Gasteiger partial charge in [-0.15, -0.1) is 11.3 Å². The maximum absolute atomic E-state index is 5.90. The Morgan fingerprint density at radius 3 is 2.89 bits per heavy atom. The molecule has 3 nitrogen and oxygen atoms in total. The van der Waals surface area contributed by atoms with Gasteiger partial charge in [-0.1, -0.05) is 17.7 Å². The van der Waals surface area contributed by atoms with Crippen molar-refractivity contribution in [1.82, 2.24) is 9.97 Å². The van der Waals surface area contributed by atoms with E-state index >= 15 is 0 Å². The van der Waals surface area contributed by atoms with Crippen LogP contribution < -0.4 is 4.90 Å². The lowest BCUT2D eigenvalue weighted by atomic mass is 10.1. The monoisotopic (exact) mass is 293 g/mol. The van der Waals surface area contributed by atoms with Crippen LogP contribution in [0.15, 0.2) is 24.5 Å². The summed E-state index contributed by atoms with van der Waals surface area (Å²) in [5.74, 6) is 1.83. The molecule has 0 spiro atoms. The fourth-order valence-corrected chi connectivity index (χ4v) is 3.26. The first-order valence-corrected chi connectivity index (χ1v) is 7.77. The number of halogens is 1. The molecule has 1 aliphatic rings. The maximum Gasteiger partial charge on any atom is 0.183 e. The summed E-state index contributed by atoms with van der Waals surface area (Å²) in [6.45, 7) is 3.93. The fourth-order valence-electron chi connectivity index (χ4n) is 2.27. The van der Waals surface area contributed by atoms with Gasteiger partial charge >= 0.3 is 0 Å². The van der Waals surface area contributed by atoms with Crippen LogP contribution in [0.4, 0.5) is 5.82 Å². The molecular weight excluding hydrogens is 278 g/mol. The van der Waals surface area contributed by atoms with Gasteiger partial charge in [0, 0.05) is 23.8 Å². The number of hydrogen-bond acceptors (Lipinski definition) is 4. The number of aromatic nitrogens is 2. The summed E-state index contributed by atoms with van der Waals surface area (Å²) in [6.07, 6.45) is 6.32. The molecular formula is C14H16ClN3S. The van der Waals surface area contributed by atoms with E-state index in [1.54, 1.807) is 11.3 Å². The lowest BCUT2D eigenvalue weighted by Crippen LogP contribution is -2.23. The molecule has 0 radical (unpaired) electrons. The van der Waals surface area contributed by atoms with E-state index in [0.29, 0.717) is 10.4 Å². The Morgan fingerprint density at radius 1 is 1.42 bits per heavy atom. The Morgan fingerprint density at radius 2 is 2.26 bits per heavy atom. The lowest BCUT2D eigenvalue weighted by molar-refractivity contribution is 0.810. The molecule has 0 unspecified atom stereocenters. The van der Waals surface area contributed by atoms with Crippen LogP contribution >= 0.6 is 22.9 Å². The predicted molar refractivity (Wildman–Crippen MR) is 80.1 cm³/mol. The third kappa shape index (κ3) is 2.90. The zero-order chi connectivity index (χ0) is 13.2. The van der Waals surface area contributed by atoms with E-state index in [1.807, 2.05) is 18.5 Å². The van der Waals surface area contributed by atoms with E-state index in [4.69, 9.17) is 11.6 Å². The Hall–Kier alpha value is -1.13. The SMILES string of the molecule is CCN(Cc1cnc(Cl)s1)c1ncccc1C1CC1. The highest BCUT2D eigenvalue weighted by Gasteiger charge is 2.28. The Kier molecular flexibility index (Phi) is 3.71. The van der Waals surface area contributed by atoms with E-state index < -0.39 is 0 Å². The minimum absolute atomic E-state index is 0.606. The standard InChI is InChI=1S/C14H16ClN3S/c1-2-18(9-11-8-17-14(15)19-11)13-12(10-5-6-10)4-3-7-16-13/h3-4,7-8,10H,2,5-6,9H2,1H3. The maximum atomic E-state index is 5.90. The zero-order valence-electron chi connectivity index (χ0n) is 10.8. The van der Waals surface area contributed by atoms with E-state index in [2.05, 4.69) is 27.9 Å². The molecule has 5 heteroatoms. The minimum Gasteiger partial charge on any atom is -0.351 e. The van der Waals surface area contributed by atoms with E-state index in [9.17, 15) is 0 Å². The van der Waals surface area contributed by atoms with Crippen LogP contribution in [0.5, 0.6) is 0 Å². The molecule has 0 N–H and O–H groups in total. The van der Waals surface area contributed by atoms with Crippen LogP contribution in [0.2, 0.25) is 4.47 Å². The minimum atomic E-state index is 0.606. The molecule has 0 aromatic carbocycles. The summed E-state index contributed by atoms with van der Waals surface area (Å²) in [7, 11) is 0. The molecule has 2 aromatic rings. The van der Waals surface area contributed by atoms with Crippen molar-refractivity contribution in [3.05, 3.63) is 39.4 Å². The van der Waals surface area contributed by atoms with Crippen molar-refractivity contribution in [3.63, 3.8) is 0 Å². The first kappa shape index (κ1) is 12.9. The quantitative estimate of drug-likeness (QED) is 0.831. The van der Waals surface area contributed by atoms with Crippen molar-refractivity contribution in [2.45, 2.75) is 32.2 Å². The Bertz CT molecular complexity index is 565. The van der Waals surface area contributed by atoms with Gasteiger partial charge in [0.1, 0.15) is 5.82 Å². The second-order valence-corrected chi connectivity index (χ2v) is 6.48. The second kappa shape index (κ2) is 5.47. The number of thiazole rings is 1. The summed E-state index contributed by atoms with van der Waals surface area (Å²) < 4.78 is 0.606. The van der Waals surface area contributed by atoms with Crippen LogP contribution in [0.3, 0.4) is 0 Å². The van der Waals surface area contributed by atoms with E-state index in [0.717, 1.165) is 18.9 Å². The van der Waals surface area contributed by atoms with Crippen LogP contribution in [0.1, 0.15) is 36.1 Å². The normalized spacial score (nSPS) is 14.6. The van der Waals surface area contributed by atoms with Crippen LogP contribution in [0, 0.1) is 0 Å². The number of pyridine rings is 1. The molecule has 0 amide bonds. The molecule has 0 bridgehead atoms. The van der Waals surface area contributed by atoms with Gasteiger partial charge in [0.25, 0.3) is 0 Å². The van der Waals surface area contributed by atoms with Crippen molar-refractivity contribution in [1.29, 1.82) is 0 Å². The second-order valence-electron chi connectivity index (χ2n) is 4.78. The first-order valence-electron chi connectivity index (χ1n) is 6.58. The highest BCUT2D eigenvalue weighted by Crippen LogP contribution is 2.43. The average molecular weight is 294 g/mol. The van der Waals surface area contributed by atoms with Gasteiger partial charge in [-0.25, -0.2) is 9.97 Å². The molecule has 2 aromatic heterocycles. The lowest BCUT2D eigenvalue weighted by Gasteiger charge is -2.23. The van der Waals surface area contributed by atoms with Gasteiger partial charge in [0.2, 0.25) is 0 Å². The molecule has 1 aliphatic carbocycles. The topological polar surface area (TPSA) is 29.0 Å². The van der Waals surface area contributed by atoms with Gasteiger partial charge in [0.15, 0.2) is 4.47 Å². The van der Waals surface area contributed by atoms with Crippen molar-refractivity contribution >= 4 is 28.8 Å². The summed E-state index contributed by atoms with van der Waals surface area (Å²) in [5.41, 5.74) is 1.39. The van der Waals surface area contributed by atoms with Gasteiger partial charge in [-0.05, 0) is 37.3 Å². The molecule has 0 atom stereocenters. The van der Waals surface area contributed by atoms with Gasteiger partial charge in [0.05, 0.1) is 6.54 Å². The molecule has 3 rings (SSSR count). The van der Waals surface area contributed by atoms with Gasteiger partial charge in [-0.3, -0.25) is 0 Å². The average Bonchev–Trinajstić information content (AvgIpc) is 3.20. The zero-order valence-corrected chi connectivity index (χ0v) is 12.4. The Labute approximate surface area is 122 Å². The number of rotatable bonds is 5. The fraction of sp³-hybridized carbons (Fsp3) is 0.429. The smallest absolute Gasteiger partial charge is 0.183 e. The molecule has 19 heavy (non-hydrogen) atoms. The molecule has 100 valence electrons. The summed E-state index contributed by atoms with van der Waals surface area (Å²) in [6, 6.07) is 4.25. The molecule has 2 heterocycles. The Balaban J connectivity index is 1.85. The number of nitrogens with zero attached hydrogens (tertiary/aromatic N) is 3. The molecule has 0 saturated heterocycles. The molecule has 1 saturated carbocycles. The predicted octanol–water partition coefficient (Wildman–Crippen LogP) is 4.10. The molecule has 1 fully saturated rings. The van der Waals surface area contributed by atoms with Gasteiger partial charge < -0.3 is 4.90 Å². The highest BCUT2D eigenvalue weighted by molar-refractivity contribution is 7.15. The van der Waals surface area contributed by atoms with Crippen molar-refractivity contribution in [2.75, 3.05) is 11.4 Å². The van der Waals surface area contributed by atoms with E-state index in [-0.39, 0.29) is 0 Å². The number of anilines is 1. The van der Waals surface area contributed by atoms with Crippen molar-refractivity contribution < 1.29 is 0 Å². The van der Waals surface area contributed by atoms with Crippen molar-refractivity contribution in [3.8, 4) is 0 Å². The number of hydrogen-bond donors (Lipinski definition) is 0. The third-order valence-electron chi connectivity index (χ3n) is 3.39. The van der Waals surface area contributed by atoms with Crippen molar-refractivity contribution in [2.24, 2.45) is 0 Å². The third-order valence-corrected chi connectivity index (χ3v) is 4.49. The highest BCUT2D eigenvalue weighted by atomic mass is 35.5. The van der Waals surface area contributed by atoms with Crippen LogP contribution in [0.25, 0.3) is 0 Å². The van der Waals surface area contributed by atoms with Crippen LogP contribution in [-0.4, -0.2) is 16.5 Å². The summed E-state index contributed by atoms with van der Waals surface area (Å²) in [5, 5.41) is 0. The van der Waals surface area contributed by atoms with E-state index in [1.165, 1.54) is 23.3 Å². The summed E-state index contributed by atoms with van der Waals surface area (Å²) >= 11 is 7.44. The van der Waals surface area contributed by atoms with Gasteiger partial charge in [-0.2, -0.15) is 0 Å². The summed E-state index contributed by atoms with van der Waals surface area (Å²) in [4.78, 5) is 12.2. The first-order chi connectivity index (χ1) is 9.28. The largest absolute Gasteiger partial charge is 0.351 e.